The number of nitrogens with one attached hydrogen (secondary N) is 4. The number of fused-ring (bicyclic) bond motifs is 2. The van der Waals surface area contributed by atoms with E-state index >= 15 is 0 Å². The van der Waals surface area contributed by atoms with Gasteiger partial charge >= 0.3 is 12.6 Å². The van der Waals surface area contributed by atoms with Crippen LogP contribution in [0.15, 0.2) is 41.4 Å². The van der Waals surface area contributed by atoms with Crippen LogP contribution in [0.4, 0.5) is 22.4 Å². The second-order valence-corrected chi connectivity index (χ2v) is 23.4. The molecule has 5 amide bonds. The molecule has 3 aliphatic carbocycles. The zero-order valence-electron chi connectivity index (χ0n) is 41.3. The Bertz CT molecular complexity index is 2650. The molecule has 2 aromatic heterocycles. The molecule has 17 nitrogen and oxygen atoms in total. The van der Waals surface area contributed by atoms with Gasteiger partial charge in [-0.3, -0.25) is 24.2 Å². The molecule has 1 unspecified atom stereocenters. The second kappa shape index (κ2) is 21.1. The zero-order valence-corrected chi connectivity index (χ0v) is 42.1. The number of carbonyl (C=O) groups excluding carboxylic acids is 5. The van der Waals surface area contributed by atoms with E-state index in [9.17, 15) is 55.2 Å². The molecule has 5 atom stereocenters. The van der Waals surface area contributed by atoms with Gasteiger partial charge in [-0.05, 0) is 99.3 Å². The SMILES string of the molecule is CC(C)(C)NC(=O)N[C@H](C(=O)N1C[C@H]2[C@@H]([C@H]1C(=O)NC(CC1CCC1)C(=O)C(N)=O)C2(C)C)C(C)(C)C.N#Cc1c(-c2ccc(S(=O)(=O)NC(CF)CF)cn2)n(C2CCC2)c2cc(OC(F)F)ccc12. The summed E-state index contributed by atoms with van der Waals surface area (Å²) in [6.07, 6.45) is 6.94. The lowest BCUT2D eigenvalue weighted by Gasteiger charge is -2.38. The first-order valence-corrected chi connectivity index (χ1v) is 25.3. The average Bonchev–Trinajstić information content (AvgIpc) is 3.51. The summed E-state index contributed by atoms with van der Waals surface area (Å²) in [5.41, 5.74) is 5.56. The molecule has 0 bridgehead atoms. The summed E-state index contributed by atoms with van der Waals surface area (Å²) in [5, 5.41) is 18.9. The first-order chi connectivity index (χ1) is 33.1. The number of nitrogens with zero attached hydrogens (tertiary/aromatic N) is 4. The normalized spacial score (nSPS) is 20.6. The number of Topliss-reactive ketones (excluding diaryl/α,β-unsaturated/α-hetero) is 1. The van der Waals surface area contributed by atoms with Gasteiger partial charge < -0.3 is 35.9 Å². The monoisotopic (exact) mass is 1020 g/mol. The molecule has 0 radical (unpaired) electrons. The summed E-state index contributed by atoms with van der Waals surface area (Å²) in [6.45, 7) is 10.3. The lowest BCUT2D eigenvalue weighted by Crippen LogP contribution is -2.62. The Kier molecular flexibility index (Phi) is 16.2. The van der Waals surface area contributed by atoms with Crippen LogP contribution in [0, 0.1) is 39.9 Å². The molecule has 7 rings (SSSR count). The van der Waals surface area contributed by atoms with Gasteiger partial charge in [-0.2, -0.15) is 14.0 Å². The van der Waals surface area contributed by atoms with Crippen molar-refractivity contribution in [1.82, 2.24) is 35.1 Å². The minimum Gasteiger partial charge on any atom is -0.435 e. The molecule has 6 N–H and O–H groups in total. The number of ether oxygens (including phenoxy) is 1. The van der Waals surface area contributed by atoms with Crippen molar-refractivity contribution in [2.24, 2.45) is 34.3 Å². The molecule has 71 heavy (non-hydrogen) atoms. The number of urea groups is 1. The Morgan fingerprint density at radius 3 is 2.11 bits per heavy atom. The van der Waals surface area contributed by atoms with E-state index in [0.717, 1.165) is 44.7 Å². The van der Waals surface area contributed by atoms with Crippen LogP contribution >= 0.6 is 0 Å². The highest BCUT2D eigenvalue weighted by molar-refractivity contribution is 7.89. The maximum Gasteiger partial charge on any atom is 0.387 e. The number of aromatic nitrogens is 2. The summed E-state index contributed by atoms with van der Waals surface area (Å²) in [6, 6.07) is 4.48. The van der Waals surface area contributed by atoms with Crippen molar-refractivity contribution in [2.45, 2.75) is 148 Å². The largest absolute Gasteiger partial charge is 0.435 e. The van der Waals surface area contributed by atoms with Crippen LogP contribution < -0.4 is 31.1 Å². The van der Waals surface area contributed by atoms with Crippen LogP contribution in [0.5, 0.6) is 5.75 Å². The maximum absolute atomic E-state index is 13.9. The van der Waals surface area contributed by atoms with Crippen molar-refractivity contribution >= 4 is 50.5 Å². The van der Waals surface area contributed by atoms with Crippen LogP contribution in [-0.4, -0.2) is 109 Å². The van der Waals surface area contributed by atoms with E-state index in [-0.39, 0.29) is 51.3 Å². The number of alkyl halides is 4. The van der Waals surface area contributed by atoms with Gasteiger partial charge in [-0.15, -0.1) is 0 Å². The number of pyridine rings is 1. The van der Waals surface area contributed by atoms with Crippen molar-refractivity contribution in [3.05, 3.63) is 42.1 Å². The van der Waals surface area contributed by atoms with Crippen molar-refractivity contribution in [3.63, 3.8) is 0 Å². The number of sulfonamides is 1. The Labute approximate surface area is 411 Å². The second-order valence-electron chi connectivity index (χ2n) is 21.7. The molecule has 3 saturated carbocycles. The van der Waals surface area contributed by atoms with Crippen LogP contribution in [0.1, 0.15) is 112 Å². The van der Waals surface area contributed by atoms with Gasteiger partial charge in [0, 0.05) is 35.8 Å². The topological polar surface area (TPSA) is 248 Å². The summed E-state index contributed by atoms with van der Waals surface area (Å²) in [5.74, 6) is -2.40. The molecule has 1 aliphatic heterocycles. The van der Waals surface area contributed by atoms with Gasteiger partial charge in [0.1, 0.15) is 42.1 Å². The molecular weight excluding hydrogens is 951 g/mol. The van der Waals surface area contributed by atoms with E-state index in [0.29, 0.717) is 35.3 Å². The third-order valence-electron chi connectivity index (χ3n) is 14.0. The van der Waals surface area contributed by atoms with E-state index in [4.69, 9.17) is 5.73 Å². The lowest BCUT2D eigenvalue weighted by atomic mass is 9.80. The van der Waals surface area contributed by atoms with Gasteiger partial charge in [0.15, 0.2) is 0 Å². The van der Waals surface area contributed by atoms with Crippen LogP contribution in [-0.2, 0) is 29.2 Å². The molecular formula is C49H65F4N9O8S. The number of ketones is 1. The highest BCUT2D eigenvalue weighted by Gasteiger charge is 2.70. The Hall–Kier alpha value is -5.82. The third-order valence-corrected chi connectivity index (χ3v) is 15.5. The number of hydrogen-bond donors (Lipinski definition) is 5. The molecule has 3 heterocycles. The Balaban J connectivity index is 0.000000233. The Morgan fingerprint density at radius 2 is 1.62 bits per heavy atom. The highest BCUT2D eigenvalue weighted by atomic mass is 32.2. The number of halogens is 4. The number of hydrogen-bond acceptors (Lipinski definition) is 10. The number of carbonyl (C=O) groups is 5. The fourth-order valence-corrected chi connectivity index (χ4v) is 10.9. The standard InChI is InChI=1S/C27H45N5O5.C22H20F4N4O3S/c1-25(2,3)20(30-24(37)31-26(4,5)6)23(36)32-13-15-17(27(15,7)8)18(32)22(35)29-16(19(33)21(28)34)12-14-10-9-11-14;23-9-13(10-24)29-34(31,32)16-5-7-19(28-12-16)21-18(11-27)17-6-4-15(33-22(25)26)8-20(17)30(21)14-2-1-3-14/h14-18,20H,9-13H2,1-8H3,(H2,28,34)(H,29,35)(H2,30,31,37);4-8,12-14,22,29H,1-3,9-10H2/t15-,16?,17-,18-,20+;/m0./s1. The van der Waals surface area contributed by atoms with Gasteiger partial charge in [0.2, 0.25) is 27.6 Å². The fraction of sp³-hybridized carbons (Fsp3) is 0.612. The lowest BCUT2D eigenvalue weighted by molar-refractivity contribution is -0.145. The molecule has 1 saturated heterocycles. The van der Waals surface area contributed by atoms with Crippen molar-refractivity contribution in [2.75, 3.05) is 19.9 Å². The summed E-state index contributed by atoms with van der Waals surface area (Å²) in [7, 11) is -4.21. The number of nitrogens with two attached hydrogens (primary N) is 1. The smallest absolute Gasteiger partial charge is 0.387 e. The molecule has 0 spiro atoms. The fourth-order valence-electron chi connectivity index (χ4n) is 9.78. The number of likely N-dealkylation sites (tertiary alicyclic amines) is 1. The predicted molar refractivity (Wildman–Crippen MR) is 254 cm³/mol. The first-order valence-electron chi connectivity index (χ1n) is 23.8. The first kappa shape index (κ1) is 54.5. The van der Waals surface area contributed by atoms with Crippen LogP contribution in [0.25, 0.3) is 22.3 Å². The molecule has 22 heteroatoms. The van der Waals surface area contributed by atoms with Crippen LogP contribution in [0.3, 0.4) is 0 Å². The number of amides is 5. The van der Waals surface area contributed by atoms with E-state index in [1.54, 1.807) is 4.90 Å². The number of primary amides is 1. The minimum absolute atomic E-state index is 0.00291. The Morgan fingerprint density at radius 1 is 0.972 bits per heavy atom. The van der Waals surface area contributed by atoms with E-state index in [1.165, 1.54) is 30.3 Å². The number of benzene rings is 1. The number of rotatable bonds is 17. The molecule has 3 aromatic rings. The number of piperidine rings is 1. The third kappa shape index (κ3) is 12.1. The highest BCUT2D eigenvalue weighted by Crippen LogP contribution is 2.65. The molecule has 4 aliphatic rings. The summed E-state index contributed by atoms with van der Waals surface area (Å²) < 4.78 is 84.2. The number of nitriles is 1. The van der Waals surface area contributed by atoms with Crippen molar-refractivity contribution in [3.8, 4) is 23.2 Å². The molecule has 4 fully saturated rings. The van der Waals surface area contributed by atoms with Gasteiger partial charge in [-0.25, -0.2) is 26.7 Å². The van der Waals surface area contributed by atoms with E-state index in [1.807, 2.05) is 50.8 Å². The summed E-state index contributed by atoms with van der Waals surface area (Å²) in [4.78, 5) is 70.0. The van der Waals surface area contributed by atoms with Crippen LogP contribution in [0.2, 0.25) is 0 Å². The predicted octanol–water partition coefficient (Wildman–Crippen LogP) is 6.20. The van der Waals surface area contributed by atoms with E-state index in [2.05, 4.69) is 45.6 Å². The average molecular weight is 1020 g/mol. The maximum atomic E-state index is 13.9. The zero-order chi connectivity index (χ0) is 52.5. The van der Waals surface area contributed by atoms with Crippen molar-refractivity contribution in [1.29, 1.82) is 5.26 Å². The van der Waals surface area contributed by atoms with Gasteiger partial charge in [0.05, 0.1) is 34.6 Å². The van der Waals surface area contributed by atoms with Crippen molar-refractivity contribution < 1.29 is 54.7 Å². The van der Waals surface area contributed by atoms with E-state index < -0.39 is 88.7 Å². The summed E-state index contributed by atoms with van der Waals surface area (Å²) >= 11 is 0. The quantitative estimate of drug-likeness (QED) is 0.0757. The van der Waals surface area contributed by atoms with Gasteiger partial charge in [-0.1, -0.05) is 53.9 Å². The molecule has 388 valence electrons. The molecule has 1 aromatic carbocycles. The van der Waals surface area contributed by atoms with Gasteiger partial charge in [0.25, 0.3) is 5.91 Å². The minimum atomic E-state index is -4.21.